The lowest BCUT2D eigenvalue weighted by Gasteiger charge is -2.09. The molecule has 2 rings (SSSR count). The molecule has 1 saturated carbocycles. The van der Waals surface area contributed by atoms with Crippen molar-refractivity contribution in [2.24, 2.45) is 5.92 Å². The van der Waals surface area contributed by atoms with Gasteiger partial charge in [-0.1, -0.05) is 18.9 Å². The number of nitrogen functional groups attached to an aromatic ring is 1. The fourth-order valence-electron chi connectivity index (χ4n) is 1.80. The van der Waals surface area contributed by atoms with E-state index in [2.05, 4.69) is 5.32 Å². The predicted octanol–water partition coefficient (Wildman–Crippen LogP) is 2.33. The normalized spacial score (nSPS) is 14.5. The Hall–Kier alpha value is -1.55. The van der Waals surface area contributed by atoms with Crippen LogP contribution in [-0.4, -0.2) is 19.1 Å². The van der Waals surface area contributed by atoms with E-state index in [-0.39, 0.29) is 12.5 Å². The first-order valence-electron chi connectivity index (χ1n) is 6.39. The molecule has 0 bridgehead atoms. The molecular weight excluding hydrogens is 228 g/mol. The number of hydrogen-bond acceptors (Lipinski definition) is 3. The van der Waals surface area contributed by atoms with Crippen LogP contribution in [0, 0.1) is 12.8 Å². The van der Waals surface area contributed by atoms with Crippen LogP contribution in [0.25, 0.3) is 0 Å². The van der Waals surface area contributed by atoms with Gasteiger partial charge in [0, 0.05) is 6.61 Å². The molecule has 1 amide bonds. The molecule has 18 heavy (non-hydrogen) atoms. The van der Waals surface area contributed by atoms with Crippen LogP contribution in [0.3, 0.4) is 0 Å². The quantitative estimate of drug-likeness (QED) is 0.600. The highest BCUT2D eigenvalue weighted by Gasteiger charge is 2.20. The number of nitrogens with one attached hydrogen (secondary N) is 1. The van der Waals surface area contributed by atoms with Crippen molar-refractivity contribution in [1.29, 1.82) is 0 Å². The minimum Gasteiger partial charge on any atom is -0.397 e. The monoisotopic (exact) mass is 248 g/mol. The van der Waals surface area contributed by atoms with Gasteiger partial charge in [-0.2, -0.15) is 0 Å². The molecule has 0 radical (unpaired) electrons. The van der Waals surface area contributed by atoms with Gasteiger partial charge in [-0.3, -0.25) is 4.79 Å². The van der Waals surface area contributed by atoms with Crippen molar-refractivity contribution in [2.75, 3.05) is 24.3 Å². The summed E-state index contributed by atoms with van der Waals surface area (Å²) in [6, 6.07) is 5.57. The zero-order valence-corrected chi connectivity index (χ0v) is 10.7. The van der Waals surface area contributed by atoms with Crippen LogP contribution in [-0.2, 0) is 9.53 Å². The van der Waals surface area contributed by atoms with Gasteiger partial charge in [0.1, 0.15) is 6.61 Å². The Morgan fingerprint density at radius 1 is 1.50 bits per heavy atom. The maximum Gasteiger partial charge on any atom is 0.250 e. The molecule has 4 heteroatoms. The molecule has 1 aromatic rings. The number of benzene rings is 1. The lowest BCUT2D eigenvalue weighted by Crippen LogP contribution is -2.19. The molecule has 1 aliphatic carbocycles. The molecule has 0 atom stereocenters. The summed E-state index contributed by atoms with van der Waals surface area (Å²) in [5, 5.41) is 2.75. The largest absolute Gasteiger partial charge is 0.397 e. The average Bonchev–Trinajstić information content (AvgIpc) is 3.12. The van der Waals surface area contributed by atoms with Crippen molar-refractivity contribution < 1.29 is 9.53 Å². The summed E-state index contributed by atoms with van der Waals surface area (Å²) in [4.78, 5) is 11.6. The summed E-state index contributed by atoms with van der Waals surface area (Å²) in [5.41, 5.74) is 8.13. The number of nitrogens with two attached hydrogens (primary N) is 1. The zero-order chi connectivity index (χ0) is 13.0. The highest BCUT2D eigenvalue weighted by Crippen LogP contribution is 2.32. The standard InChI is InChI=1S/C14H20N2O2/c1-10-2-5-13(12(15)8-10)16-14(17)9-18-7-6-11-3-4-11/h2,5,8,11H,3-4,6-7,9,15H2,1H3,(H,16,17). The van der Waals surface area contributed by atoms with Crippen molar-refractivity contribution in [3.8, 4) is 0 Å². The molecule has 0 aromatic heterocycles. The SMILES string of the molecule is Cc1ccc(NC(=O)COCCC2CC2)c(N)c1. The topological polar surface area (TPSA) is 64.3 Å². The summed E-state index contributed by atoms with van der Waals surface area (Å²) >= 11 is 0. The minimum atomic E-state index is -0.152. The lowest BCUT2D eigenvalue weighted by atomic mass is 10.2. The van der Waals surface area contributed by atoms with E-state index < -0.39 is 0 Å². The maximum absolute atomic E-state index is 11.6. The molecule has 1 aromatic carbocycles. The van der Waals surface area contributed by atoms with Gasteiger partial charge in [0.2, 0.25) is 5.91 Å². The van der Waals surface area contributed by atoms with E-state index in [1.54, 1.807) is 0 Å². The molecule has 0 aliphatic heterocycles. The van der Waals surface area contributed by atoms with E-state index in [0.717, 1.165) is 17.9 Å². The van der Waals surface area contributed by atoms with Gasteiger partial charge in [0.15, 0.2) is 0 Å². The fourth-order valence-corrected chi connectivity index (χ4v) is 1.80. The smallest absolute Gasteiger partial charge is 0.250 e. The number of aryl methyl sites for hydroxylation is 1. The molecule has 1 aliphatic rings. The molecule has 0 spiro atoms. The second kappa shape index (κ2) is 5.87. The van der Waals surface area contributed by atoms with Crippen LogP contribution in [0.2, 0.25) is 0 Å². The van der Waals surface area contributed by atoms with Gasteiger partial charge in [-0.15, -0.1) is 0 Å². The van der Waals surface area contributed by atoms with Gasteiger partial charge in [0.05, 0.1) is 11.4 Å². The van der Waals surface area contributed by atoms with Crippen LogP contribution in [0.1, 0.15) is 24.8 Å². The third-order valence-corrected chi connectivity index (χ3v) is 3.08. The number of carbonyl (C=O) groups is 1. The number of carbonyl (C=O) groups excluding carboxylic acids is 1. The average molecular weight is 248 g/mol. The fraction of sp³-hybridized carbons (Fsp3) is 0.500. The number of anilines is 2. The molecule has 0 saturated heterocycles. The summed E-state index contributed by atoms with van der Waals surface area (Å²) in [6.45, 7) is 2.73. The Kier molecular flexibility index (Phi) is 4.20. The number of hydrogen-bond donors (Lipinski definition) is 2. The minimum absolute atomic E-state index is 0.0973. The van der Waals surface area contributed by atoms with Crippen molar-refractivity contribution in [3.05, 3.63) is 23.8 Å². The Morgan fingerprint density at radius 3 is 2.94 bits per heavy atom. The van der Waals surface area contributed by atoms with Crippen molar-refractivity contribution in [3.63, 3.8) is 0 Å². The molecule has 0 unspecified atom stereocenters. The van der Waals surface area contributed by atoms with Crippen molar-refractivity contribution in [1.82, 2.24) is 0 Å². The third kappa shape index (κ3) is 4.04. The summed E-state index contributed by atoms with van der Waals surface area (Å²) in [7, 11) is 0. The second-order valence-electron chi connectivity index (χ2n) is 4.92. The van der Waals surface area contributed by atoms with E-state index in [4.69, 9.17) is 10.5 Å². The van der Waals surface area contributed by atoms with Gasteiger partial charge >= 0.3 is 0 Å². The van der Waals surface area contributed by atoms with E-state index in [0.29, 0.717) is 18.0 Å². The van der Waals surface area contributed by atoms with Gasteiger partial charge in [-0.05, 0) is 37.0 Å². The Balaban J connectivity index is 1.71. The van der Waals surface area contributed by atoms with Crippen molar-refractivity contribution >= 4 is 17.3 Å². The highest BCUT2D eigenvalue weighted by atomic mass is 16.5. The number of rotatable bonds is 6. The van der Waals surface area contributed by atoms with Crippen LogP contribution in [0.4, 0.5) is 11.4 Å². The zero-order valence-electron chi connectivity index (χ0n) is 10.7. The van der Waals surface area contributed by atoms with E-state index in [9.17, 15) is 4.79 Å². The van der Waals surface area contributed by atoms with Crippen molar-refractivity contribution in [2.45, 2.75) is 26.2 Å². The Labute approximate surface area is 108 Å². The maximum atomic E-state index is 11.6. The van der Waals surface area contributed by atoms with E-state index in [1.807, 2.05) is 25.1 Å². The molecule has 1 fully saturated rings. The van der Waals surface area contributed by atoms with E-state index >= 15 is 0 Å². The highest BCUT2D eigenvalue weighted by molar-refractivity contribution is 5.94. The molecule has 3 N–H and O–H groups in total. The third-order valence-electron chi connectivity index (χ3n) is 3.08. The number of ether oxygens (including phenoxy) is 1. The Morgan fingerprint density at radius 2 is 2.28 bits per heavy atom. The van der Waals surface area contributed by atoms with Gasteiger partial charge < -0.3 is 15.8 Å². The van der Waals surface area contributed by atoms with Gasteiger partial charge in [0.25, 0.3) is 0 Å². The van der Waals surface area contributed by atoms with Crippen LogP contribution in [0.5, 0.6) is 0 Å². The summed E-state index contributed by atoms with van der Waals surface area (Å²) in [6.07, 6.45) is 3.70. The molecule has 4 nitrogen and oxygen atoms in total. The lowest BCUT2D eigenvalue weighted by molar-refractivity contribution is -0.120. The molecule has 0 heterocycles. The molecular formula is C14H20N2O2. The summed E-state index contributed by atoms with van der Waals surface area (Å²) in [5.74, 6) is 0.683. The van der Waals surface area contributed by atoms with Crippen LogP contribution >= 0.6 is 0 Å². The number of amides is 1. The first-order valence-corrected chi connectivity index (χ1v) is 6.39. The van der Waals surface area contributed by atoms with Crippen LogP contribution in [0.15, 0.2) is 18.2 Å². The van der Waals surface area contributed by atoms with Gasteiger partial charge in [-0.25, -0.2) is 0 Å². The second-order valence-corrected chi connectivity index (χ2v) is 4.92. The summed E-state index contributed by atoms with van der Waals surface area (Å²) < 4.78 is 5.33. The predicted molar refractivity (Wildman–Crippen MR) is 72.4 cm³/mol. The molecule has 98 valence electrons. The Bertz CT molecular complexity index is 428. The van der Waals surface area contributed by atoms with E-state index in [1.165, 1.54) is 12.8 Å². The van der Waals surface area contributed by atoms with Crippen LogP contribution < -0.4 is 11.1 Å². The first-order chi connectivity index (χ1) is 8.65. The first kappa shape index (κ1) is 12.9.